The lowest BCUT2D eigenvalue weighted by Crippen LogP contribution is -2.22. The molecule has 78 valence electrons. The molecule has 0 saturated carbocycles. The minimum Gasteiger partial charge on any atom is -0.367 e. The quantitative estimate of drug-likeness (QED) is 0.707. The van der Waals surface area contributed by atoms with Gasteiger partial charge in [-0.25, -0.2) is 0 Å². The zero-order chi connectivity index (χ0) is 10.6. The number of aliphatic hydroxyl groups excluding tert-OH is 1. The number of aryl methyl sites for hydroxylation is 2. The fourth-order valence-electron chi connectivity index (χ4n) is 1.15. The maximum absolute atomic E-state index is 9.10. The second-order valence-electron chi connectivity index (χ2n) is 3.42. The molecule has 0 spiro atoms. The first-order valence-electron chi connectivity index (χ1n) is 4.69. The van der Waals surface area contributed by atoms with Gasteiger partial charge in [0.05, 0.1) is 6.61 Å². The van der Waals surface area contributed by atoms with Gasteiger partial charge in [0.2, 0.25) is 0 Å². The third kappa shape index (κ3) is 3.10. The van der Waals surface area contributed by atoms with Crippen molar-refractivity contribution in [2.45, 2.75) is 26.7 Å². The molecule has 3 N–H and O–H groups in total. The third-order valence-electron chi connectivity index (χ3n) is 2.22. The average Bonchev–Trinajstić information content (AvgIpc) is 2.19. The predicted octanol–water partition coefficient (Wildman–Crippen LogP) is 1.10. The van der Waals surface area contributed by atoms with Gasteiger partial charge in [0.25, 0.3) is 0 Å². The van der Waals surface area contributed by atoms with Crippen molar-refractivity contribution in [1.82, 2.24) is 0 Å². The number of benzene rings is 1. The number of hydrogen-bond donors (Lipinski definition) is 2. The van der Waals surface area contributed by atoms with Crippen LogP contribution in [0, 0.1) is 13.8 Å². The molecule has 3 nitrogen and oxygen atoms in total. The van der Waals surface area contributed by atoms with Gasteiger partial charge in [-0.05, 0) is 30.5 Å². The summed E-state index contributed by atoms with van der Waals surface area (Å²) in [4.78, 5) is 0. The van der Waals surface area contributed by atoms with Crippen molar-refractivity contribution in [3.8, 4) is 0 Å². The molecule has 1 rings (SSSR count). The van der Waals surface area contributed by atoms with E-state index in [-0.39, 0.29) is 6.54 Å². The van der Waals surface area contributed by atoms with Crippen molar-refractivity contribution < 1.29 is 9.84 Å². The van der Waals surface area contributed by atoms with Crippen molar-refractivity contribution in [1.29, 1.82) is 0 Å². The fourth-order valence-corrected chi connectivity index (χ4v) is 1.15. The highest BCUT2D eigenvalue weighted by molar-refractivity contribution is 5.29. The van der Waals surface area contributed by atoms with Crippen molar-refractivity contribution in [3.63, 3.8) is 0 Å². The molecule has 0 radical (unpaired) electrons. The van der Waals surface area contributed by atoms with Crippen LogP contribution < -0.4 is 5.73 Å². The largest absolute Gasteiger partial charge is 0.367 e. The van der Waals surface area contributed by atoms with Crippen LogP contribution in [0.5, 0.6) is 0 Å². The van der Waals surface area contributed by atoms with Gasteiger partial charge >= 0.3 is 0 Å². The predicted molar refractivity (Wildman–Crippen MR) is 55.8 cm³/mol. The lowest BCUT2D eigenvalue weighted by molar-refractivity contribution is -0.100. The first-order chi connectivity index (χ1) is 6.63. The Kier molecular flexibility index (Phi) is 4.07. The van der Waals surface area contributed by atoms with Crippen LogP contribution in [0.3, 0.4) is 0 Å². The van der Waals surface area contributed by atoms with Crippen LogP contribution in [-0.2, 0) is 11.3 Å². The van der Waals surface area contributed by atoms with Crippen LogP contribution in [0.25, 0.3) is 0 Å². The van der Waals surface area contributed by atoms with Gasteiger partial charge in [-0.15, -0.1) is 0 Å². The molecule has 0 heterocycles. The smallest absolute Gasteiger partial charge is 0.167 e. The van der Waals surface area contributed by atoms with E-state index < -0.39 is 6.29 Å². The summed E-state index contributed by atoms with van der Waals surface area (Å²) in [6.07, 6.45) is -0.864. The fraction of sp³-hybridized carbons (Fsp3) is 0.455. The van der Waals surface area contributed by atoms with Crippen molar-refractivity contribution >= 4 is 0 Å². The molecule has 0 aromatic heterocycles. The summed E-state index contributed by atoms with van der Waals surface area (Å²) in [5, 5.41) is 9.10. The normalized spacial score (nSPS) is 12.9. The maximum Gasteiger partial charge on any atom is 0.167 e. The molecule has 3 heteroatoms. The van der Waals surface area contributed by atoms with Gasteiger partial charge in [-0.1, -0.05) is 18.2 Å². The van der Waals surface area contributed by atoms with Gasteiger partial charge in [-0.3, -0.25) is 0 Å². The standard InChI is InChI=1S/C11H17NO2/c1-8-3-4-10(5-9(8)2)7-14-11(13)6-12/h3-5,11,13H,6-7,12H2,1-2H3. The second-order valence-corrected chi connectivity index (χ2v) is 3.42. The second kappa shape index (κ2) is 5.10. The summed E-state index contributed by atoms with van der Waals surface area (Å²) in [6, 6.07) is 6.09. The molecule has 0 amide bonds. The third-order valence-corrected chi connectivity index (χ3v) is 2.22. The van der Waals surface area contributed by atoms with Gasteiger partial charge in [0.1, 0.15) is 0 Å². The Morgan fingerprint density at radius 1 is 1.36 bits per heavy atom. The average molecular weight is 195 g/mol. The van der Waals surface area contributed by atoms with Crippen molar-refractivity contribution in [2.75, 3.05) is 6.54 Å². The van der Waals surface area contributed by atoms with Gasteiger partial charge in [0.15, 0.2) is 6.29 Å². The van der Waals surface area contributed by atoms with E-state index in [9.17, 15) is 0 Å². The van der Waals surface area contributed by atoms with E-state index in [1.165, 1.54) is 11.1 Å². The molecular weight excluding hydrogens is 178 g/mol. The summed E-state index contributed by atoms with van der Waals surface area (Å²) in [5.74, 6) is 0. The van der Waals surface area contributed by atoms with E-state index >= 15 is 0 Å². The highest BCUT2D eigenvalue weighted by atomic mass is 16.6. The van der Waals surface area contributed by atoms with E-state index in [0.717, 1.165) is 5.56 Å². The minimum absolute atomic E-state index is 0.130. The lowest BCUT2D eigenvalue weighted by Gasteiger charge is -2.10. The number of rotatable bonds is 4. The Balaban J connectivity index is 2.55. The van der Waals surface area contributed by atoms with Crippen LogP contribution in [0.15, 0.2) is 18.2 Å². The van der Waals surface area contributed by atoms with E-state index in [1.807, 2.05) is 12.1 Å². The highest BCUT2D eigenvalue weighted by Gasteiger charge is 2.01. The number of aliphatic hydroxyl groups is 1. The molecule has 0 fully saturated rings. The first-order valence-corrected chi connectivity index (χ1v) is 4.69. The Morgan fingerprint density at radius 3 is 2.64 bits per heavy atom. The van der Waals surface area contributed by atoms with Crippen molar-refractivity contribution in [3.05, 3.63) is 34.9 Å². The Bertz CT molecular complexity index is 299. The van der Waals surface area contributed by atoms with E-state index in [0.29, 0.717) is 6.61 Å². The van der Waals surface area contributed by atoms with Crippen molar-refractivity contribution in [2.24, 2.45) is 5.73 Å². The number of hydrogen-bond acceptors (Lipinski definition) is 3. The number of ether oxygens (including phenoxy) is 1. The van der Waals surface area contributed by atoms with E-state index in [4.69, 9.17) is 15.6 Å². The Labute approximate surface area is 84.5 Å². The maximum atomic E-state index is 9.10. The molecular formula is C11H17NO2. The number of nitrogens with two attached hydrogens (primary N) is 1. The summed E-state index contributed by atoms with van der Waals surface area (Å²) < 4.78 is 5.10. The van der Waals surface area contributed by atoms with Gasteiger partial charge < -0.3 is 15.6 Å². The molecule has 0 aliphatic carbocycles. The monoisotopic (exact) mass is 195 g/mol. The van der Waals surface area contributed by atoms with Crippen LogP contribution in [-0.4, -0.2) is 17.9 Å². The van der Waals surface area contributed by atoms with Crippen LogP contribution in [0.4, 0.5) is 0 Å². The van der Waals surface area contributed by atoms with Crippen LogP contribution >= 0.6 is 0 Å². The zero-order valence-electron chi connectivity index (χ0n) is 8.66. The summed E-state index contributed by atoms with van der Waals surface area (Å²) in [7, 11) is 0. The van der Waals surface area contributed by atoms with Crippen LogP contribution in [0.1, 0.15) is 16.7 Å². The molecule has 0 saturated heterocycles. The molecule has 1 aromatic rings. The first kappa shape index (κ1) is 11.2. The lowest BCUT2D eigenvalue weighted by atomic mass is 10.1. The molecule has 1 aromatic carbocycles. The molecule has 14 heavy (non-hydrogen) atoms. The Morgan fingerprint density at radius 2 is 2.07 bits per heavy atom. The summed E-state index contributed by atoms with van der Waals surface area (Å²) in [5.41, 5.74) is 8.76. The summed E-state index contributed by atoms with van der Waals surface area (Å²) >= 11 is 0. The SMILES string of the molecule is Cc1ccc(COC(O)CN)cc1C. The van der Waals surface area contributed by atoms with E-state index in [2.05, 4.69) is 19.9 Å². The zero-order valence-corrected chi connectivity index (χ0v) is 8.66. The van der Waals surface area contributed by atoms with E-state index in [1.54, 1.807) is 0 Å². The minimum atomic E-state index is -0.864. The molecule has 0 aliphatic heterocycles. The molecule has 0 aliphatic rings. The molecule has 1 unspecified atom stereocenters. The van der Waals surface area contributed by atoms with Gasteiger partial charge in [-0.2, -0.15) is 0 Å². The molecule has 1 atom stereocenters. The Hall–Kier alpha value is -0.900. The topological polar surface area (TPSA) is 55.5 Å². The summed E-state index contributed by atoms with van der Waals surface area (Å²) in [6.45, 7) is 4.65. The van der Waals surface area contributed by atoms with Gasteiger partial charge in [0, 0.05) is 6.54 Å². The van der Waals surface area contributed by atoms with Crippen LogP contribution in [0.2, 0.25) is 0 Å². The molecule has 0 bridgehead atoms. The highest BCUT2D eigenvalue weighted by Crippen LogP contribution is 2.10.